The van der Waals surface area contributed by atoms with E-state index in [1.165, 1.54) is 32.3 Å². The van der Waals surface area contributed by atoms with Gasteiger partial charge in [0.25, 0.3) is 0 Å². The Kier molecular flexibility index (Phi) is 18.0. The molecule has 1 atom stereocenters. The second-order valence-corrected chi connectivity index (χ2v) is 5.87. The number of carbonyl (C=O) groups excluding carboxylic acids is 2. The number of rotatable bonds is 12. The van der Waals surface area contributed by atoms with Crippen LogP contribution in [0.3, 0.4) is 0 Å². The Hall–Kier alpha value is -1.71. The molecule has 0 aliphatic rings. The fourth-order valence-electron chi connectivity index (χ4n) is 1.74. The number of allylic oxidation sites excluding steroid dienone is 4. The topological polar surface area (TPSA) is 71.4 Å². The molecular weight excluding hydrogens is 304 g/mol. The number of hydrogen-bond donors (Lipinski definition) is 1. The summed E-state index contributed by atoms with van der Waals surface area (Å²) in [6.07, 6.45) is 15.7. The van der Waals surface area contributed by atoms with Crippen molar-refractivity contribution in [1.29, 1.82) is 0 Å². The molecule has 4 heteroatoms. The Morgan fingerprint density at radius 3 is 1.71 bits per heavy atom. The third-order valence-corrected chi connectivity index (χ3v) is 3.38. The summed E-state index contributed by atoms with van der Waals surface area (Å²) in [6, 6.07) is 0. The molecule has 0 heterocycles. The van der Waals surface area contributed by atoms with Crippen molar-refractivity contribution in [2.75, 3.05) is 0 Å². The highest BCUT2D eigenvalue weighted by molar-refractivity contribution is 6.03. The molecule has 138 valence electrons. The number of unbranched alkanes of at least 4 members (excludes halogenated alkanes) is 6. The van der Waals surface area contributed by atoms with Gasteiger partial charge in [-0.1, -0.05) is 51.7 Å². The molecule has 0 spiro atoms. The molecular formula is C20H34O4. The highest BCUT2D eigenvalue weighted by Crippen LogP contribution is 2.02. The average molecular weight is 338 g/mol. The molecule has 0 aromatic carbocycles. The highest BCUT2D eigenvalue weighted by atomic mass is 16.4. The van der Waals surface area contributed by atoms with Crippen molar-refractivity contribution >= 4 is 17.5 Å². The molecule has 0 aliphatic heterocycles. The first-order valence-electron chi connectivity index (χ1n) is 8.97. The van der Waals surface area contributed by atoms with E-state index in [-0.39, 0.29) is 11.6 Å². The number of hydrogen-bond acceptors (Lipinski definition) is 3. The van der Waals surface area contributed by atoms with Crippen molar-refractivity contribution in [3.63, 3.8) is 0 Å². The fraction of sp³-hybridized carbons (Fsp3) is 0.650. The lowest BCUT2D eigenvalue weighted by Crippen LogP contribution is -2.18. The summed E-state index contributed by atoms with van der Waals surface area (Å²) >= 11 is 0. The van der Waals surface area contributed by atoms with Crippen LogP contribution in [-0.2, 0) is 14.4 Å². The normalized spacial score (nSPS) is 12.0. The van der Waals surface area contributed by atoms with E-state index in [0.29, 0.717) is 0 Å². The van der Waals surface area contributed by atoms with Gasteiger partial charge in [-0.15, -0.1) is 0 Å². The predicted octanol–water partition coefficient (Wildman–Crippen LogP) is 5.12. The van der Waals surface area contributed by atoms with Crippen molar-refractivity contribution in [2.24, 2.45) is 5.92 Å². The van der Waals surface area contributed by atoms with E-state index in [9.17, 15) is 14.4 Å². The minimum absolute atomic E-state index is 0.150. The molecule has 1 unspecified atom stereocenters. The number of carboxylic acids is 1. The fourth-order valence-corrected chi connectivity index (χ4v) is 1.74. The van der Waals surface area contributed by atoms with Crippen LogP contribution in [-0.4, -0.2) is 22.6 Å². The largest absolute Gasteiger partial charge is 0.481 e. The Morgan fingerprint density at radius 2 is 1.33 bits per heavy atom. The molecule has 0 fully saturated rings. The molecule has 0 aromatic heterocycles. The number of ketones is 2. The Labute approximate surface area is 147 Å². The van der Waals surface area contributed by atoms with Crippen molar-refractivity contribution in [2.45, 2.75) is 79.1 Å². The molecule has 24 heavy (non-hydrogen) atoms. The Morgan fingerprint density at radius 1 is 0.875 bits per heavy atom. The molecule has 4 nitrogen and oxygen atoms in total. The minimum atomic E-state index is -1.06. The first-order chi connectivity index (χ1) is 11.4. The zero-order valence-corrected chi connectivity index (χ0v) is 15.7. The van der Waals surface area contributed by atoms with E-state index in [0.717, 1.165) is 32.1 Å². The van der Waals surface area contributed by atoms with Crippen LogP contribution in [0.2, 0.25) is 0 Å². The van der Waals surface area contributed by atoms with E-state index in [1.807, 2.05) is 6.08 Å². The van der Waals surface area contributed by atoms with Gasteiger partial charge in [0.05, 0.1) is 0 Å². The quantitative estimate of drug-likeness (QED) is 0.304. The van der Waals surface area contributed by atoms with Gasteiger partial charge in [0.15, 0.2) is 11.6 Å². The van der Waals surface area contributed by atoms with E-state index in [1.54, 1.807) is 19.1 Å². The zero-order chi connectivity index (χ0) is 18.8. The summed E-state index contributed by atoms with van der Waals surface area (Å²) in [5, 5.41) is 8.54. The van der Waals surface area contributed by atoms with Gasteiger partial charge in [-0.25, -0.2) is 0 Å². The average Bonchev–Trinajstić information content (AvgIpc) is 2.53. The maximum absolute atomic E-state index is 11.1. The van der Waals surface area contributed by atoms with Crippen LogP contribution in [0.15, 0.2) is 24.3 Å². The molecule has 1 N–H and O–H groups in total. The van der Waals surface area contributed by atoms with E-state index >= 15 is 0 Å². The second-order valence-electron chi connectivity index (χ2n) is 5.87. The number of carboxylic acid groups (broad SMARTS) is 1. The van der Waals surface area contributed by atoms with Crippen LogP contribution in [0.25, 0.3) is 0 Å². The van der Waals surface area contributed by atoms with Crippen molar-refractivity contribution in [3.8, 4) is 0 Å². The first kappa shape index (κ1) is 24.5. The summed E-state index contributed by atoms with van der Waals surface area (Å²) < 4.78 is 0. The standard InChI is InChI=1S/C11H18O3.C9H16O/c1-3-4-5-6-7-8-10(12)9(2)11(13)14;1-3-4-5-6-7-8-9(2)10/h7-9H,3-6H2,1-2H3,(H,13,14);7-8H,3-6H2,1-2H3. The third kappa shape index (κ3) is 18.3. The maximum Gasteiger partial charge on any atom is 0.314 e. The Bertz CT molecular complexity index is 408. The number of carbonyl (C=O) groups is 3. The van der Waals surface area contributed by atoms with Crippen molar-refractivity contribution < 1.29 is 19.5 Å². The van der Waals surface area contributed by atoms with Crippen LogP contribution in [0.4, 0.5) is 0 Å². The van der Waals surface area contributed by atoms with Gasteiger partial charge in [-0.05, 0) is 51.7 Å². The van der Waals surface area contributed by atoms with E-state index in [2.05, 4.69) is 13.8 Å². The smallest absolute Gasteiger partial charge is 0.314 e. The first-order valence-corrected chi connectivity index (χ1v) is 8.97. The lowest BCUT2D eigenvalue weighted by Gasteiger charge is -1.99. The monoisotopic (exact) mass is 338 g/mol. The van der Waals surface area contributed by atoms with Crippen molar-refractivity contribution in [1.82, 2.24) is 0 Å². The lowest BCUT2D eigenvalue weighted by molar-refractivity contribution is -0.144. The summed E-state index contributed by atoms with van der Waals surface area (Å²) in [5.41, 5.74) is 0. The van der Waals surface area contributed by atoms with Gasteiger partial charge in [-0.3, -0.25) is 14.4 Å². The molecule has 0 saturated heterocycles. The van der Waals surface area contributed by atoms with Gasteiger partial charge >= 0.3 is 5.97 Å². The lowest BCUT2D eigenvalue weighted by atomic mass is 10.1. The summed E-state index contributed by atoms with van der Waals surface area (Å²) in [7, 11) is 0. The summed E-state index contributed by atoms with van der Waals surface area (Å²) in [5.74, 6) is -2.16. The van der Waals surface area contributed by atoms with Gasteiger partial charge in [0, 0.05) is 0 Å². The van der Waals surface area contributed by atoms with Crippen molar-refractivity contribution in [3.05, 3.63) is 24.3 Å². The minimum Gasteiger partial charge on any atom is -0.481 e. The highest BCUT2D eigenvalue weighted by Gasteiger charge is 2.17. The van der Waals surface area contributed by atoms with Gasteiger partial charge in [0.2, 0.25) is 0 Å². The second kappa shape index (κ2) is 17.6. The molecule has 0 radical (unpaired) electrons. The molecule has 0 aromatic rings. The predicted molar refractivity (Wildman–Crippen MR) is 99.1 cm³/mol. The molecule has 0 aliphatic carbocycles. The van der Waals surface area contributed by atoms with Crippen LogP contribution in [0.1, 0.15) is 79.1 Å². The number of aliphatic carboxylic acids is 1. The van der Waals surface area contributed by atoms with Crippen LogP contribution in [0, 0.1) is 5.92 Å². The molecule has 0 rings (SSSR count). The SMILES string of the molecule is CCCCCC=CC(=O)C(C)C(=O)O.CCCCCC=CC(C)=O. The molecule has 0 bridgehead atoms. The maximum atomic E-state index is 11.1. The van der Waals surface area contributed by atoms with Crippen LogP contribution in [0.5, 0.6) is 0 Å². The Balaban J connectivity index is 0. The zero-order valence-electron chi connectivity index (χ0n) is 15.7. The van der Waals surface area contributed by atoms with Gasteiger partial charge in [0.1, 0.15) is 5.92 Å². The van der Waals surface area contributed by atoms with E-state index in [4.69, 9.17) is 5.11 Å². The summed E-state index contributed by atoms with van der Waals surface area (Å²) in [6.45, 7) is 7.27. The van der Waals surface area contributed by atoms with Crippen LogP contribution < -0.4 is 0 Å². The molecule has 0 saturated carbocycles. The van der Waals surface area contributed by atoms with Gasteiger partial charge in [-0.2, -0.15) is 0 Å². The third-order valence-electron chi connectivity index (χ3n) is 3.38. The van der Waals surface area contributed by atoms with Crippen LogP contribution >= 0.6 is 0 Å². The van der Waals surface area contributed by atoms with Gasteiger partial charge < -0.3 is 5.11 Å². The van der Waals surface area contributed by atoms with E-state index < -0.39 is 11.9 Å². The summed E-state index contributed by atoms with van der Waals surface area (Å²) in [4.78, 5) is 32.0. The molecule has 0 amide bonds.